The molecular weight excluding hydrogens is 373 g/mol. The Morgan fingerprint density at radius 2 is 2.19 bits per heavy atom. The Bertz CT molecular complexity index is 831. The van der Waals surface area contributed by atoms with Crippen LogP contribution < -0.4 is 0 Å². The molecule has 1 unspecified atom stereocenters. The molecule has 1 aliphatic heterocycles. The molecule has 1 saturated heterocycles. The number of carbonyl (C=O) groups excluding carboxylic acids is 1. The summed E-state index contributed by atoms with van der Waals surface area (Å²) in [5.74, 6) is -0.536. The maximum Gasteiger partial charge on any atom is 0.248 e. The van der Waals surface area contributed by atoms with Gasteiger partial charge in [0.15, 0.2) is 0 Å². The molecule has 0 spiro atoms. The minimum atomic E-state index is -1.06. The van der Waals surface area contributed by atoms with Gasteiger partial charge in [0.05, 0.1) is 22.8 Å². The maximum absolute atomic E-state index is 14.8. The topological polar surface area (TPSA) is 78.4 Å². The number of aliphatic hydroxyl groups excluding tert-OH is 1. The van der Waals surface area contributed by atoms with Crippen molar-refractivity contribution in [3.63, 3.8) is 0 Å². The molecule has 27 heavy (non-hydrogen) atoms. The lowest BCUT2D eigenvalue weighted by molar-refractivity contribution is -0.137. The highest BCUT2D eigenvalue weighted by Crippen LogP contribution is 2.47. The number of halogens is 2. The number of likely N-dealkylation sites (tertiary alicyclic amines) is 1. The van der Waals surface area contributed by atoms with E-state index in [1.165, 1.54) is 13.2 Å². The Kier molecular flexibility index (Phi) is 5.74. The molecule has 1 aromatic heterocycles. The van der Waals surface area contributed by atoms with E-state index < -0.39 is 17.3 Å². The van der Waals surface area contributed by atoms with Gasteiger partial charge >= 0.3 is 0 Å². The summed E-state index contributed by atoms with van der Waals surface area (Å²) < 4.78 is 19.7. The van der Waals surface area contributed by atoms with Gasteiger partial charge in [-0.05, 0) is 30.2 Å². The minimum Gasteiger partial charge on any atom is -0.388 e. The van der Waals surface area contributed by atoms with E-state index in [0.717, 1.165) is 12.8 Å². The summed E-state index contributed by atoms with van der Waals surface area (Å²) in [5, 5.41) is 18.5. The maximum atomic E-state index is 14.8. The zero-order valence-corrected chi connectivity index (χ0v) is 16.5. The van der Waals surface area contributed by atoms with Crippen molar-refractivity contribution >= 4 is 28.4 Å². The third-order valence-corrected chi connectivity index (χ3v) is 6.09. The monoisotopic (exact) mass is 397 g/mol. The molecule has 0 saturated carbocycles. The molecule has 2 aromatic rings. The van der Waals surface area contributed by atoms with Crippen LogP contribution in [0.4, 0.5) is 4.39 Å². The van der Waals surface area contributed by atoms with Crippen molar-refractivity contribution < 1.29 is 19.0 Å². The van der Waals surface area contributed by atoms with Crippen LogP contribution in [0.25, 0.3) is 10.9 Å². The number of nitrogens with one attached hydrogen (secondary N) is 1. The molecule has 2 N–H and O–H groups in total. The van der Waals surface area contributed by atoms with Gasteiger partial charge in [0, 0.05) is 31.1 Å². The molecule has 3 rings (SSSR count). The van der Waals surface area contributed by atoms with Crippen molar-refractivity contribution in [1.29, 1.82) is 0 Å². The number of hydrogen-bond acceptors (Lipinski definition) is 4. The number of nitrogens with zero attached hydrogens (tertiary/aromatic N) is 2. The predicted octanol–water partition coefficient (Wildman–Crippen LogP) is 3.30. The number of ether oxygens (including phenoxy) is 1. The molecule has 8 heteroatoms. The number of aromatic amines is 1. The van der Waals surface area contributed by atoms with Gasteiger partial charge in [-0.15, -0.1) is 0 Å². The fourth-order valence-corrected chi connectivity index (χ4v) is 4.22. The molecule has 6 nitrogen and oxygen atoms in total. The van der Waals surface area contributed by atoms with Crippen LogP contribution in [0.3, 0.4) is 0 Å². The molecule has 1 amide bonds. The Morgan fingerprint density at radius 3 is 2.81 bits per heavy atom. The Morgan fingerprint density at radius 1 is 1.52 bits per heavy atom. The predicted molar refractivity (Wildman–Crippen MR) is 101 cm³/mol. The molecular formula is C19H25ClFN3O3. The summed E-state index contributed by atoms with van der Waals surface area (Å²) in [6.07, 6.45) is 1.95. The molecule has 1 aromatic carbocycles. The van der Waals surface area contributed by atoms with Crippen molar-refractivity contribution in [1.82, 2.24) is 15.1 Å². The van der Waals surface area contributed by atoms with Crippen LogP contribution in [0, 0.1) is 17.2 Å². The van der Waals surface area contributed by atoms with Crippen LogP contribution in [0.5, 0.6) is 0 Å². The molecule has 2 heterocycles. The third-order valence-electron chi connectivity index (χ3n) is 5.81. The summed E-state index contributed by atoms with van der Waals surface area (Å²) in [6, 6.07) is 1.50. The van der Waals surface area contributed by atoms with E-state index in [0.29, 0.717) is 24.0 Å². The van der Waals surface area contributed by atoms with Crippen LogP contribution in [0.1, 0.15) is 38.4 Å². The van der Waals surface area contributed by atoms with Crippen molar-refractivity contribution in [2.75, 3.05) is 26.8 Å². The Labute approximate surface area is 162 Å². The van der Waals surface area contributed by atoms with Crippen molar-refractivity contribution in [2.45, 2.75) is 32.8 Å². The lowest BCUT2D eigenvalue weighted by atomic mass is 9.68. The number of carbonyl (C=O) groups is 1. The van der Waals surface area contributed by atoms with Crippen LogP contribution >= 0.6 is 11.6 Å². The van der Waals surface area contributed by atoms with Crippen LogP contribution in [-0.4, -0.2) is 52.9 Å². The van der Waals surface area contributed by atoms with E-state index in [9.17, 15) is 14.3 Å². The fraction of sp³-hybridized carbons (Fsp3) is 0.579. The number of H-pyrrole nitrogens is 1. The van der Waals surface area contributed by atoms with Crippen LogP contribution in [0.2, 0.25) is 5.02 Å². The summed E-state index contributed by atoms with van der Waals surface area (Å²) in [5.41, 5.74) is 0.00280. The smallest absolute Gasteiger partial charge is 0.248 e. The number of aromatic nitrogens is 2. The van der Waals surface area contributed by atoms with Gasteiger partial charge < -0.3 is 14.7 Å². The zero-order valence-electron chi connectivity index (χ0n) is 15.8. The van der Waals surface area contributed by atoms with Crippen molar-refractivity contribution in [2.24, 2.45) is 11.3 Å². The largest absolute Gasteiger partial charge is 0.388 e. The van der Waals surface area contributed by atoms with E-state index >= 15 is 0 Å². The number of benzene rings is 1. The number of rotatable bonds is 5. The van der Waals surface area contributed by atoms with Gasteiger partial charge in [-0.25, -0.2) is 4.39 Å². The SMILES string of the molecule is COCC(=O)N1CCC(C(C)(C)C(O)c2c(F)c(Cl)cc3cn[nH]c23)CC1. The first-order valence-corrected chi connectivity index (χ1v) is 9.41. The lowest BCUT2D eigenvalue weighted by Crippen LogP contribution is -2.44. The fourth-order valence-electron chi connectivity index (χ4n) is 4.00. The summed E-state index contributed by atoms with van der Waals surface area (Å²) in [6.45, 7) is 5.12. The second-order valence-electron chi connectivity index (χ2n) is 7.73. The van der Waals surface area contributed by atoms with E-state index in [2.05, 4.69) is 10.2 Å². The second-order valence-corrected chi connectivity index (χ2v) is 8.14. The van der Waals surface area contributed by atoms with Crippen LogP contribution in [-0.2, 0) is 9.53 Å². The molecule has 148 valence electrons. The van der Waals surface area contributed by atoms with Crippen LogP contribution in [0.15, 0.2) is 12.3 Å². The summed E-state index contributed by atoms with van der Waals surface area (Å²) in [7, 11) is 1.50. The van der Waals surface area contributed by atoms with E-state index in [-0.39, 0.29) is 29.0 Å². The molecule has 0 aliphatic carbocycles. The second kappa shape index (κ2) is 7.73. The number of aliphatic hydroxyl groups is 1. The third kappa shape index (κ3) is 3.68. The quantitative estimate of drug-likeness (QED) is 0.811. The molecule has 1 aliphatic rings. The highest BCUT2D eigenvalue weighted by Gasteiger charge is 2.41. The minimum absolute atomic E-state index is 0.0330. The van der Waals surface area contributed by atoms with Gasteiger partial charge in [-0.2, -0.15) is 5.10 Å². The van der Waals surface area contributed by atoms with Gasteiger partial charge in [0.1, 0.15) is 12.4 Å². The van der Waals surface area contributed by atoms with Gasteiger partial charge in [-0.1, -0.05) is 25.4 Å². The molecule has 0 bridgehead atoms. The average Bonchev–Trinajstić information content (AvgIpc) is 3.10. The summed E-state index contributed by atoms with van der Waals surface area (Å²) >= 11 is 6.03. The molecule has 0 radical (unpaired) electrons. The first-order valence-electron chi connectivity index (χ1n) is 9.03. The van der Waals surface area contributed by atoms with Crippen molar-refractivity contribution in [3.05, 3.63) is 28.7 Å². The highest BCUT2D eigenvalue weighted by atomic mass is 35.5. The van der Waals surface area contributed by atoms with Crippen molar-refractivity contribution in [3.8, 4) is 0 Å². The van der Waals surface area contributed by atoms with E-state index in [4.69, 9.17) is 16.3 Å². The Balaban J connectivity index is 1.83. The number of methoxy groups -OCH3 is 1. The zero-order chi connectivity index (χ0) is 19.8. The Hall–Kier alpha value is -1.70. The first kappa shape index (κ1) is 20.0. The molecule has 1 fully saturated rings. The number of piperidine rings is 1. The standard InChI is InChI=1S/C19H25ClFN3O3/c1-19(2,12-4-6-24(7-5-12)14(25)10-27-3)18(26)15-16(21)13(20)8-11-9-22-23-17(11)15/h8-9,12,18,26H,4-7,10H2,1-3H3,(H,22,23). The van der Waals surface area contributed by atoms with Gasteiger partial charge in [0.25, 0.3) is 0 Å². The highest BCUT2D eigenvalue weighted by molar-refractivity contribution is 6.31. The lowest BCUT2D eigenvalue weighted by Gasteiger charge is -2.43. The van der Waals surface area contributed by atoms with E-state index in [1.54, 1.807) is 11.1 Å². The summed E-state index contributed by atoms with van der Waals surface area (Å²) in [4.78, 5) is 13.8. The van der Waals surface area contributed by atoms with Gasteiger partial charge in [-0.3, -0.25) is 9.89 Å². The number of hydrogen-bond donors (Lipinski definition) is 2. The first-order chi connectivity index (χ1) is 12.8. The molecule has 1 atom stereocenters. The van der Waals surface area contributed by atoms with E-state index in [1.807, 2.05) is 13.8 Å². The number of fused-ring (bicyclic) bond motifs is 1. The normalized spacial score (nSPS) is 17.5. The van der Waals surface area contributed by atoms with Gasteiger partial charge in [0.2, 0.25) is 5.91 Å². The number of amides is 1. The average molecular weight is 398 g/mol.